The highest BCUT2D eigenvalue weighted by Crippen LogP contribution is 2.44. The molecule has 0 bridgehead atoms. The lowest BCUT2D eigenvalue weighted by atomic mass is 9.85. The summed E-state index contributed by atoms with van der Waals surface area (Å²) in [5, 5.41) is 0.638. The Hall–Kier alpha value is -3.82. The molecule has 250 valence electrons. The molecule has 1 saturated carbocycles. The van der Waals surface area contributed by atoms with Crippen LogP contribution in [0.25, 0.3) is 0 Å². The lowest BCUT2D eigenvalue weighted by molar-refractivity contribution is -0.125. The minimum Gasteiger partial charge on any atom is -0.493 e. The van der Waals surface area contributed by atoms with Crippen molar-refractivity contribution in [3.63, 3.8) is 0 Å². The molecule has 1 unspecified atom stereocenters. The molecule has 1 saturated heterocycles. The number of halogens is 1. The van der Waals surface area contributed by atoms with Crippen molar-refractivity contribution in [3.05, 3.63) is 76.4 Å². The number of amides is 2. The molecular formula is C37H46ClN5O4. The minimum absolute atomic E-state index is 0.0128. The maximum atomic E-state index is 13.9. The lowest BCUT2D eigenvalue weighted by Gasteiger charge is -2.38. The molecule has 0 radical (unpaired) electrons. The number of anilines is 2. The van der Waals surface area contributed by atoms with E-state index in [2.05, 4.69) is 23.8 Å². The maximum absolute atomic E-state index is 13.9. The highest BCUT2D eigenvalue weighted by molar-refractivity contribution is 6.30. The number of nitrogens with zero attached hydrogens (tertiary/aromatic N) is 5. The van der Waals surface area contributed by atoms with E-state index in [1.54, 1.807) is 7.11 Å². The van der Waals surface area contributed by atoms with Gasteiger partial charge in [-0.05, 0) is 98.0 Å². The molecule has 9 nitrogen and oxygen atoms in total. The van der Waals surface area contributed by atoms with Crippen molar-refractivity contribution in [2.45, 2.75) is 70.6 Å². The van der Waals surface area contributed by atoms with E-state index in [1.165, 1.54) is 0 Å². The van der Waals surface area contributed by atoms with E-state index in [4.69, 9.17) is 26.1 Å². The van der Waals surface area contributed by atoms with Crippen LogP contribution in [0, 0.1) is 5.92 Å². The van der Waals surface area contributed by atoms with Gasteiger partial charge in [-0.25, -0.2) is 4.98 Å². The van der Waals surface area contributed by atoms with Crippen molar-refractivity contribution >= 4 is 34.9 Å². The second-order valence-corrected chi connectivity index (χ2v) is 13.8. The van der Waals surface area contributed by atoms with Gasteiger partial charge in [0.15, 0.2) is 11.5 Å². The lowest BCUT2D eigenvalue weighted by Crippen LogP contribution is -2.41. The van der Waals surface area contributed by atoms with E-state index >= 15 is 0 Å². The molecule has 2 aliphatic heterocycles. The average molecular weight is 660 g/mol. The van der Waals surface area contributed by atoms with Gasteiger partial charge in [0.25, 0.3) is 0 Å². The van der Waals surface area contributed by atoms with Gasteiger partial charge >= 0.3 is 0 Å². The molecule has 10 heteroatoms. The molecule has 1 aromatic heterocycles. The first-order valence-corrected chi connectivity index (χ1v) is 17.1. The zero-order chi connectivity index (χ0) is 33.2. The normalized spacial score (nSPS) is 22.3. The highest BCUT2D eigenvalue weighted by Gasteiger charge is 2.37. The van der Waals surface area contributed by atoms with Gasteiger partial charge in [-0.1, -0.05) is 30.7 Å². The van der Waals surface area contributed by atoms with Crippen molar-refractivity contribution in [1.29, 1.82) is 0 Å². The molecular weight excluding hydrogens is 614 g/mol. The van der Waals surface area contributed by atoms with Crippen LogP contribution in [-0.4, -0.2) is 79.7 Å². The summed E-state index contributed by atoms with van der Waals surface area (Å²) in [6.45, 7) is 6.34. The van der Waals surface area contributed by atoms with Gasteiger partial charge in [-0.3, -0.25) is 19.4 Å². The number of likely N-dealkylation sites (N-methyl/N-ethyl adjacent to an activating group) is 1. The average Bonchev–Trinajstić information content (AvgIpc) is 3.42. The number of hydrogen-bond acceptors (Lipinski definition) is 7. The Morgan fingerprint density at radius 3 is 2.38 bits per heavy atom. The number of aromatic nitrogens is 1. The van der Waals surface area contributed by atoms with Crippen LogP contribution in [0.1, 0.15) is 68.7 Å². The van der Waals surface area contributed by atoms with E-state index in [1.807, 2.05) is 78.5 Å². The van der Waals surface area contributed by atoms with Gasteiger partial charge in [0.2, 0.25) is 11.8 Å². The van der Waals surface area contributed by atoms with Crippen LogP contribution >= 0.6 is 11.6 Å². The summed E-state index contributed by atoms with van der Waals surface area (Å²) in [5.41, 5.74) is 3.60. The Bertz CT molecular complexity index is 1570. The largest absolute Gasteiger partial charge is 0.493 e. The van der Waals surface area contributed by atoms with Crippen molar-refractivity contribution in [2.24, 2.45) is 5.92 Å². The molecule has 2 atom stereocenters. The summed E-state index contributed by atoms with van der Waals surface area (Å²) in [7, 11) is 5.61. The van der Waals surface area contributed by atoms with E-state index in [0.717, 1.165) is 73.5 Å². The van der Waals surface area contributed by atoms with Crippen molar-refractivity contribution < 1.29 is 19.1 Å². The summed E-state index contributed by atoms with van der Waals surface area (Å²) < 4.78 is 12.0. The third-order valence-electron chi connectivity index (χ3n) is 10.1. The smallest absolute Gasteiger partial charge is 0.237 e. The van der Waals surface area contributed by atoms with Crippen molar-refractivity contribution in [3.8, 4) is 11.5 Å². The number of pyridine rings is 1. The quantitative estimate of drug-likeness (QED) is 0.252. The molecule has 3 aromatic rings. The number of rotatable bonds is 10. The predicted octanol–water partition coefficient (Wildman–Crippen LogP) is 6.33. The van der Waals surface area contributed by atoms with Crippen LogP contribution in [0.15, 0.2) is 54.7 Å². The predicted molar refractivity (Wildman–Crippen MR) is 185 cm³/mol. The van der Waals surface area contributed by atoms with E-state index < -0.39 is 0 Å². The molecule has 2 aromatic carbocycles. The Labute approximate surface area is 283 Å². The Morgan fingerprint density at radius 2 is 1.77 bits per heavy atom. The van der Waals surface area contributed by atoms with E-state index in [9.17, 15) is 9.59 Å². The summed E-state index contributed by atoms with van der Waals surface area (Å²) in [6.07, 6.45) is 7.44. The van der Waals surface area contributed by atoms with Crippen LogP contribution in [-0.2, 0) is 16.0 Å². The van der Waals surface area contributed by atoms with Crippen LogP contribution < -0.4 is 19.3 Å². The summed E-state index contributed by atoms with van der Waals surface area (Å²) in [6, 6.07) is 15.8. The number of carbonyl (C=O) groups is 2. The molecule has 1 aliphatic carbocycles. The van der Waals surface area contributed by atoms with Crippen LogP contribution in [0.3, 0.4) is 0 Å². The highest BCUT2D eigenvalue weighted by atomic mass is 35.5. The van der Waals surface area contributed by atoms with Gasteiger partial charge in [0, 0.05) is 31.7 Å². The third kappa shape index (κ3) is 7.06. The topological polar surface area (TPSA) is 78.5 Å². The standard InChI is InChI=1S/C37H46ClN5O4/c1-6-24(2)47-33-19-31-27(17-32(33)46-5)18-35(44)43(37(31)26-9-11-28(38)12-10-26)30-15-16-34(39-20-30)40(3)21-25-7-13-29(14-8-25)42-22-36(45)41(4)23-42/h9-12,15-17,19-20,24-25,29,37H,6-8,13-14,18,21-23H2,1-5H3/t24-,25?,29?,37?/m1/s1. The van der Waals surface area contributed by atoms with Crippen LogP contribution in [0.2, 0.25) is 5.02 Å². The summed E-state index contributed by atoms with van der Waals surface area (Å²) in [5.74, 6) is 2.95. The van der Waals surface area contributed by atoms with Crippen LogP contribution in [0.4, 0.5) is 11.5 Å². The Kier molecular flexibility index (Phi) is 9.94. The number of ether oxygens (including phenoxy) is 2. The molecule has 6 rings (SSSR count). The fourth-order valence-corrected chi connectivity index (χ4v) is 7.36. The van der Waals surface area contributed by atoms with Gasteiger partial charge in [-0.2, -0.15) is 0 Å². The molecule has 47 heavy (non-hydrogen) atoms. The second kappa shape index (κ2) is 14.1. The fourth-order valence-electron chi connectivity index (χ4n) is 7.24. The molecule has 2 amide bonds. The van der Waals surface area contributed by atoms with Gasteiger partial charge in [0.1, 0.15) is 5.82 Å². The monoisotopic (exact) mass is 659 g/mol. The maximum Gasteiger partial charge on any atom is 0.237 e. The van der Waals surface area contributed by atoms with E-state index in [0.29, 0.717) is 35.0 Å². The summed E-state index contributed by atoms with van der Waals surface area (Å²) >= 11 is 6.29. The number of fused-ring (bicyclic) bond motifs is 1. The SMILES string of the molecule is CC[C@@H](C)Oc1cc2c(cc1OC)CC(=O)N(c1ccc(N(C)CC3CCC(N4CC(=O)N(C)C4)CC3)nc1)C2c1ccc(Cl)cc1. The number of benzene rings is 2. The van der Waals surface area contributed by atoms with Gasteiger partial charge < -0.3 is 19.3 Å². The number of methoxy groups -OCH3 is 1. The van der Waals surface area contributed by atoms with Crippen LogP contribution in [0.5, 0.6) is 11.5 Å². The first-order chi connectivity index (χ1) is 22.6. The Morgan fingerprint density at radius 1 is 1.02 bits per heavy atom. The van der Waals surface area contributed by atoms with Gasteiger partial charge in [-0.15, -0.1) is 0 Å². The summed E-state index contributed by atoms with van der Waals surface area (Å²) in [4.78, 5) is 39.0. The van der Waals surface area contributed by atoms with Crippen molar-refractivity contribution in [2.75, 3.05) is 50.8 Å². The molecule has 0 N–H and O–H groups in total. The minimum atomic E-state index is -0.389. The Balaban J connectivity index is 1.21. The van der Waals surface area contributed by atoms with Crippen molar-refractivity contribution in [1.82, 2.24) is 14.8 Å². The first kappa shape index (κ1) is 33.1. The zero-order valence-corrected chi connectivity index (χ0v) is 28.9. The molecule has 3 heterocycles. The molecule has 3 aliphatic rings. The van der Waals surface area contributed by atoms with Gasteiger partial charge in [0.05, 0.1) is 50.8 Å². The van der Waals surface area contributed by atoms with E-state index in [-0.39, 0.29) is 30.4 Å². The fraction of sp³-hybridized carbons (Fsp3) is 0.486. The molecule has 2 fully saturated rings. The molecule has 0 spiro atoms. The third-order valence-corrected chi connectivity index (χ3v) is 10.4. The second-order valence-electron chi connectivity index (χ2n) is 13.3. The zero-order valence-electron chi connectivity index (χ0n) is 28.1. The first-order valence-electron chi connectivity index (χ1n) is 16.7. The number of hydrogen-bond donors (Lipinski definition) is 0. The number of carbonyl (C=O) groups excluding carboxylic acids is 2.